The van der Waals surface area contributed by atoms with E-state index in [-0.39, 0.29) is 6.42 Å². The summed E-state index contributed by atoms with van der Waals surface area (Å²) in [6.07, 6.45) is 3.83. The zero-order chi connectivity index (χ0) is 11.7. The van der Waals surface area contributed by atoms with Crippen LogP contribution in [0.1, 0.15) is 5.56 Å². The Morgan fingerprint density at radius 1 is 1.56 bits per heavy atom. The largest absolute Gasteiger partial charge is 0.481 e. The van der Waals surface area contributed by atoms with Gasteiger partial charge in [-0.2, -0.15) is 0 Å². The molecule has 5 heteroatoms. The first kappa shape index (κ1) is 11.4. The van der Waals surface area contributed by atoms with Crippen molar-refractivity contribution in [1.29, 1.82) is 0 Å². The normalized spacial score (nSPS) is 10.9. The summed E-state index contributed by atoms with van der Waals surface area (Å²) in [4.78, 5) is 14.9. The number of fused-ring (bicyclic) bond motifs is 1. The number of halogens is 1. The Balaban J connectivity index is 2.57. The van der Waals surface area contributed by atoms with Crippen molar-refractivity contribution in [3.05, 3.63) is 28.9 Å². The zero-order valence-electron chi connectivity index (χ0n) is 8.58. The number of benzene rings is 1. The van der Waals surface area contributed by atoms with Crippen LogP contribution in [0, 0.1) is 0 Å². The topological polar surface area (TPSA) is 53.1 Å². The lowest BCUT2D eigenvalue weighted by molar-refractivity contribution is -0.136. The molecule has 0 aliphatic rings. The first-order valence-electron chi connectivity index (χ1n) is 4.67. The summed E-state index contributed by atoms with van der Waals surface area (Å²) in [5, 5.41) is 10.3. The molecule has 0 radical (unpaired) electrons. The maximum Gasteiger partial charge on any atom is 0.307 e. The molecule has 2 aromatic rings. The molecule has 2 rings (SSSR count). The Bertz CT molecular complexity index is 550. The van der Waals surface area contributed by atoms with Gasteiger partial charge in [0.2, 0.25) is 0 Å². The molecule has 0 atom stereocenters. The monoisotopic (exact) mass is 255 g/mol. The Kier molecular flexibility index (Phi) is 3.12. The highest BCUT2D eigenvalue weighted by atomic mass is 35.5. The number of thioether (sulfide) groups is 1. The number of hydrogen-bond acceptors (Lipinski definition) is 2. The van der Waals surface area contributed by atoms with E-state index in [1.54, 1.807) is 17.8 Å². The predicted octanol–water partition coefficient (Wildman–Crippen LogP) is 3.17. The average Bonchev–Trinajstić information content (AvgIpc) is 2.60. The van der Waals surface area contributed by atoms with Gasteiger partial charge in [-0.15, -0.1) is 11.8 Å². The van der Waals surface area contributed by atoms with Crippen molar-refractivity contribution in [2.24, 2.45) is 0 Å². The van der Waals surface area contributed by atoms with Crippen molar-refractivity contribution in [3.63, 3.8) is 0 Å². The van der Waals surface area contributed by atoms with E-state index in [1.165, 1.54) is 0 Å². The molecule has 0 spiro atoms. The van der Waals surface area contributed by atoms with Crippen LogP contribution in [0.4, 0.5) is 0 Å². The number of rotatable bonds is 3. The highest BCUT2D eigenvalue weighted by molar-refractivity contribution is 7.98. The van der Waals surface area contributed by atoms with Crippen LogP contribution in [-0.2, 0) is 11.2 Å². The molecule has 16 heavy (non-hydrogen) atoms. The van der Waals surface area contributed by atoms with Crippen molar-refractivity contribution in [2.75, 3.05) is 6.26 Å². The molecule has 0 bridgehead atoms. The highest BCUT2D eigenvalue weighted by Gasteiger charge is 2.10. The molecule has 1 aromatic carbocycles. The molecule has 0 aliphatic heterocycles. The molecule has 0 aliphatic carbocycles. The number of aromatic nitrogens is 1. The van der Waals surface area contributed by atoms with Gasteiger partial charge in [0.25, 0.3) is 0 Å². The third kappa shape index (κ3) is 2.03. The van der Waals surface area contributed by atoms with Crippen molar-refractivity contribution < 1.29 is 9.90 Å². The highest BCUT2D eigenvalue weighted by Crippen LogP contribution is 2.30. The molecule has 0 fully saturated rings. The van der Waals surface area contributed by atoms with Crippen LogP contribution in [0.15, 0.2) is 23.2 Å². The van der Waals surface area contributed by atoms with Crippen LogP contribution in [0.25, 0.3) is 10.9 Å². The molecule has 84 valence electrons. The fourth-order valence-corrected chi connectivity index (χ4v) is 2.43. The second kappa shape index (κ2) is 4.39. The molecule has 0 saturated carbocycles. The third-order valence-electron chi connectivity index (χ3n) is 2.37. The Hall–Kier alpha value is -1.13. The molecule has 0 amide bonds. The Morgan fingerprint density at radius 2 is 2.31 bits per heavy atom. The second-order valence-corrected chi connectivity index (χ2v) is 4.67. The van der Waals surface area contributed by atoms with Crippen molar-refractivity contribution in [2.45, 2.75) is 11.3 Å². The number of hydrogen-bond donors (Lipinski definition) is 2. The van der Waals surface area contributed by atoms with E-state index in [4.69, 9.17) is 16.7 Å². The summed E-state index contributed by atoms with van der Waals surface area (Å²) in [5.41, 5.74) is 1.58. The van der Waals surface area contributed by atoms with E-state index >= 15 is 0 Å². The smallest absolute Gasteiger partial charge is 0.307 e. The molecule has 2 N–H and O–H groups in total. The van der Waals surface area contributed by atoms with E-state index in [1.807, 2.05) is 18.5 Å². The number of aromatic amines is 1. The van der Waals surface area contributed by atoms with Gasteiger partial charge in [-0.25, -0.2) is 0 Å². The van der Waals surface area contributed by atoms with Crippen LogP contribution in [-0.4, -0.2) is 22.3 Å². The molecule has 0 unspecified atom stereocenters. The zero-order valence-corrected chi connectivity index (χ0v) is 10.2. The van der Waals surface area contributed by atoms with Gasteiger partial charge in [0.15, 0.2) is 0 Å². The van der Waals surface area contributed by atoms with Gasteiger partial charge in [-0.05, 0) is 24.0 Å². The Labute approximate surface area is 102 Å². The fraction of sp³-hybridized carbons (Fsp3) is 0.182. The average molecular weight is 256 g/mol. The summed E-state index contributed by atoms with van der Waals surface area (Å²) in [7, 11) is 0. The predicted molar refractivity (Wildman–Crippen MR) is 66.4 cm³/mol. The van der Waals surface area contributed by atoms with Crippen molar-refractivity contribution in [1.82, 2.24) is 4.98 Å². The van der Waals surface area contributed by atoms with Crippen LogP contribution < -0.4 is 0 Å². The number of nitrogens with one attached hydrogen (secondary N) is 1. The van der Waals surface area contributed by atoms with Gasteiger partial charge in [0.05, 0.1) is 6.42 Å². The van der Waals surface area contributed by atoms with Gasteiger partial charge in [0.1, 0.15) is 0 Å². The number of carboxylic acid groups (broad SMARTS) is 1. The second-order valence-electron chi connectivity index (χ2n) is 3.42. The maximum absolute atomic E-state index is 10.7. The first-order valence-corrected chi connectivity index (χ1v) is 6.27. The van der Waals surface area contributed by atoms with E-state index in [9.17, 15) is 4.79 Å². The minimum absolute atomic E-state index is 0.0478. The fourth-order valence-electron chi connectivity index (χ4n) is 1.63. The summed E-state index contributed by atoms with van der Waals surface area (Å²) < 4.78 is 0. The van der Waals surface area contributed by atoms with Crippen LogP contribution in [0.3, 0.4) is 0 Å². The van der Waals surface area contributed by atoms with Crippen LogP contribution in [0.5, 0.6) is 0 Å². The molecule has 0 saturated heterocycles. The lowest BCUT2D eigenvalue weighted by Crippen LogP contribution is -2.00. The van der Waals surface area contributed by atoms with E-state index in [0.29, 0.717) is 10.6 Å². The quantitative estimate of drug-likeness (QED) is 0.829. The van der Waals surface area contributed by atoms with Gasteiger partial charge in [-0.1, -0.05) is 11.6 Å². The Morgan fingerprint density at radius 3 is 2.94 bits per heavy atom. The van der Waals surface area contributed by atoms with Crippen molar-refractivity contribution >= 4 is 40.2 Å². The van der Waals surface area contributed by atoms with Crippen molar-refractivity contribution in [3.8, 4) is 0 Å². The van der Waals surface area contributed by atoms with Crippen LogP contribution >= 0.6 is 23.4 Å². The van der Waals surface area contributed by atoms with Gasteiger partial charge in [0, 0.05) is 27.0 Å². The number of aliphatic carboxylic acids is 1. The van der Waals surface area contributed by atoms with E-state index in [2.05, 4.69) is 4.98 Å². The van der Waals surface area contributed by atoms with E-state index in [0.717, 1.165) is 15.8 Å². The lowest BCUT2D eigenvalue weighted by atomic mass is 10.1. The van der Waals surface area contributed by atoms with E-state index < -0.39 is 5.97 Å². The van der Waals surface area contributed by atoms with Gasteiger partial charge < -0.3 is 10.1 Å². The standard InChI is InChI=1S/C11H10ClNO2S/c1-16-10-5-13-9-4-8(12)6(2-7(9)10)3-11(14)15/h2,4-5,13H,3H2,1H3,(H,14,15). The number of carboxylic acids is 1. The van der Waals surface area contributed by atoms with Gasteiger partial charge in [-0.3, -0.25) is 4.79 Å². The summed E-state index contributed by atoms with van der Waals surface area (Å²) in [6, 6.07) is 3.61. The minimum atomic E-state index is -0.873. The molecular weight excluding hydrogens is 246 g/mol. The summed E-state index contributed by atoms with van der Waals surface area (Å²) >= 11 is 7.63. The molecule has 1 aromatic heterocycles. The molecule has 1 heterocycles. The number of H-pyrrole nitrogens is 1. The minimum Gasteiger partial charge on any atom is -0.481 e. The first-order chi connectivity index (χ1) is 7.61. The number of carbonyl (C=O) groups is 1. The van der Waals surface area contributed by atoms with Gasteiger partial charge >= 0.3 is 5.97 Å². The summed E-state index contributed by atoms with van der Waals surface area (Å²) in [6.45, 7) is 0. The maximum atomic E-state index is 10.7. The molecule has 3 nitrogen and oxygen atoms in total. The SMILES string of the molecule is CSc1c[nH]c2cc(Cl)c(CC(=O)O)cc12. The third-order valence-corrected chi connectivity index (χ3v) is 3.50. The van der Waals surface area contributed by atoms with Crippen LogP contribution in [0.2, 0.25) is 5.02 Å². The summed E-state index contributed by atoms with van der Waals surface area (Å²) in [5.74, 6) is -0.873. The lowest BCUT2D eigenvalue weighted by Gasteiger charge is -2.02. The molecular formula is C11H10ClNO2S.